The van der Waals surface area contributed by atoms with Crippen LogP contribution in [0.2, 0.25) is 0 Å². The molecule has 1 saturated heterocycles. The molecule has 1 aliphatic rings. The molecule has 0 radical (unpaired) electrons. The second-order valence-electron chi connectivity index (χ2n) is 2.65. The molecule has 0 atom stereocenters. The Balaban J connectivity index is 2.09. The summed E-state index contributed by atoms with van der Waals surface area (Å²) in [5.41, 5.74) is 0. The van der Waals surface area contributed by atoms with Gasteiger partial charge in [0, 0.05) is 13.1 Å². The number of aromatic nitrogens is 2. The van der Waals surface area contributed by atoms with Gasteiger partial charge in [0.25, 0.3) is 11.8 Å². The van der Waals surface area contributed by atoms with Crippen LogP contribution in [0, 0.1) is 0 Å². The van der Waals surface area contributed by atoms with Crippen LogP contribution in [0.4, 0.5) is 5.95 Å². The number of carbonyl (C=O) groups is 1. The van der Waals surface area contributed by atoms with Crippen molar-refractivity contribution in [2.24, 2.45) is 0 Å². The molecule has 0 unspecified atom stereocenters. The van der Waals surface area contributed by atoms with E-state index in [2.05, 4.69) is 14.7 Å². The second kappa shape index (κ2) is 3.53. The summed E-state index contributed by atoms with van der Waals surface area (Å²) in [7, 11) is 0. The third-order valence-electron chi connectivity index (χ3n) is 1.83. The van der Waals surface area contributed by atoms with Crippen molar-refractivity contribution in [3.05, 3.63) is 5.89 Å². The van der Waals surface area contributed by atoms with Gasteiger partial charge in [0.1, 0.15) is 0 Å². The highest BCUT2D eigenvalue weighted by atomic mass is 16.5. The highest BCUT2D eigenvalue weighted by Crippen LogP contribution is 2.09. The van der Waals surface area contributed by atoms with Gasteiger partial charge in [0.15, 0.2) is 0 Å². The van der Waals surface area contributed by atoms with Crippen molar-refractivity contribution < 1.29 is 14.1 Å². The molecule has 2 rings (SSSR count). The first-order valence-electron chi connectivity index (χ1n) is 4.02. The van der Waals surface area contributed by atoms with Crippen LogP contribution in [0.3, 0.4) is 0 Å². The maximum absolute atomic E-state index is 10.3. The van der Waals surface area contributed by atoms with E-state index in [1.165, 1.54) is 0 Å². The molecule has 2 heterocycles. The van der Waals surface area contributed by atoms with Gasteiger partial charge in [-0.05, 0) is 5.16 Å². The maximum atomic E-state index is 10.3. The van der Waals surface area contributed by atoms with Gasteiger partial charge in [-0.25, -0.2) is 0 Å². The normalized spacial score (nSPS) is 17.4. The number of morpholine rings is 1. The fraction of sp³-hybridized carbons (Fsp3) is 0.571. The summed E-state index contributed by atoms with van der Waals surface area (Å²) in [6.07, 6.45) is 0.539. The molecule has 1 aromatic heterocycles. The van der Waals surface area contributed by atoms with Crippen molar-refractivity contribution in [1.82, 2.24) is 10.1 Å². The molecule has 6 heteroatoms. The largest absolute Gasteiger partial charge is 0.378 e. The third-order valence-corrected chi connectivity index (χ3v) is 1.83. The van der Waals surface area contributed by atoms with E-state index in [1.807, 2.05) is 4.90 Å². The van der Waals surface area contributed by atoms with Gasteiger partial charge in [0.05, 0.1) is 13.2 Å². The predicted molar refractivity (Wildman–Crippen MR) is 42.7 cm³/mol. The van der Waals surface area contributed by atoms with Gasteiger partial charge in [-0.1, -0.05) is 0 Å². The minimum Gasteiger partial charge on any atom is -0.378 e. The van der Waals surface area contributed by atoms with Gasteiger partial charge < -0.3 is 14.2 Å². The van der Waals surface area contributed by atoms with E-state index < -0.39 is 0 Å². The molecule has 1 aliphatic heterocycles. The van der Waals surface area contributed by atoms with Crippen LogP contribution in [0.15, 0.2) is 4.52 Å². The van der Waals surface area contributed by atoms with Crippen LogP contribution in [0.5, 0.6) is 0 Å². The van der Waals surface area contributed by atoms with E-state index in [1.54, 1.807) is 0 Å². The van der Waals surface area contributed by atoms with Crippen molar-refractivity contribution in [3.63, 3.8) is 0 Å². The summed E-state index contributed by atoms with van der Waals surface area (Å²) in [6.45, 7) is 2.78. The first kappa shape index (κ1) is 8.18. The van der Waals surface area contributed by atoms with E-state index in [9.17, 15) is 4.79 Å². The van der Waals surface area contributed by atoms with Crippen LogP contribution in [0.25, 0.3) is 0 Å². The Morgan fingerprint density at radius 3 is 2.77 bits per heavy atom. The van der Waals surface area contributed by atoms with Crippen LogP contribution in [0.1, 0.15) is 10.7 Å². The van der Waals surface area contributed by atoms with Crippen LogP contribution in [-0.4, -0.2) is 42.7 Å². The summed E-state index contributed by atoms with van der Waals surface area (Å²) in [4.78, 5) is 16.1. The van der Waals surface area contributed by atoms with E-state index in [0.29, 0.717) is 25.4 Å². The number of nitrogens with zero attached hydrogens (tertiary/aromatic N) is 3. The summed E-state index contributed by atoms with van der Waals surface area (Å²) in [6, 6.07) is 0. The number of carbonyl (C=O) groups excluding carboxylic acids is 1. The molecule has 1 aromatic rings. The second-order valence-corrected chi connectivity index (χ2v) is 2.65. The topological polar surface area (TPSA) is 68.5 Å². The average molecular weight is 183 g/mol. The van der Waals surface area contributed by atoms with Crippen molar-refractivity contribution in [1.29, 1.82) is 0 Å². The quantitative estimate of drug-likeness (QED) is 0.587. The zero-order valence-electron chi connectivity index (χ0n) is 6.97. The average Bonchev–Trinajstić information content (AvgIpc) is 2.67. The van der Waals surface area contributed by atoms with E-state index in [4.69, 9.17) is 4.74 Å². The van der Waals surface area contributed by atoms with Gasteiger partial charge in [-0.2, -0.15) is 4.98 Å². The molecule has 1 fully saturated rings. The lowest BCUT2D eigenvalue weighted by atomic mass is 10.4. The first-order valence-corrected chi connectivity index (χ1v) is 4.02. The SMILES string of the molecule is O=Cc1nc(N2CCOCC2)no1. The summed E-state index contributed by atoms with van der Waals surface area (Å²) in [5.74, 6) is 0.479. The Kier molecular flexibility index (Phi) is 2.22. The highest BCUT2D eigenvalue weighted by molar-refractivity contribution is 5.67. The first-order chi connectivity index (χ1) is 6.40. The summed E-state index contributed by atoms with van der Waals surface area (Å²) < 4.78 is 9.81. The van der Waals surface area contributed by atoms with Gasteiger partial charge in [-0.3, -0.25) is 4.79 Å². The van der Waals surface area contributed by atoms with E-state index >= 15 is 0 Å². The molecule has 0 aromatic carbocycles. The summed E-state index contributed by atoms with van der Waals surface area (Å²) in [5, 5.41) is 3.66. The van der Waals surface area contributed by atoms with Gasteiger partial charge in [0.2, 0.25) is 6.29 Å². The standard InChI is InChI=1S/C7H9N3O3/c11-5-6-8-7(9-13-6)10-1-3-12-4-2-10/h5H,1-4H2. The minimum absolute atomic E-state index is 0.0153. The Morgan fingerprint density at radius 1 is 1.38 bits per heavy atom. The maximum Gasteiger partial charge on any atom is 0.292 e. The number of hydrogen-bond acceptors (Lipinski definition) is 6. The number of hydrogen-bond donors (Lipinski definition) is 0. The smallest absolute Gasteiger partial charge is 0.292 e. The van der Waals surface area contributed by atoms with Crippen molar-refractivity contribution in [2.75, 3.05) is 31.2 Å². The molecule has 0 N–H and O–H groups in total. The molecular formula is C7H9N3O3. The zero-order valence-corrected chi connectivity index (χ0v) is 6.97. The lowest BCUT2D eigenvalue weighted by Gasteiger charge is -2.24. The molecule has 70 valence electrons. The zero-order chi connectivity index (χ0) is 9.10. The Labute approximate surface area is 74.5 Å². The number of rotatable bonds is 2. The lowest BCUT2D eigenvalue weighted by molar-refractivity contribution is 0.108. The molecule has 13 heavy (non-hydrogen) atoms. The number of ether oxygens (including phenoxy) is 1. The monoisotopic (exact) mass is 183 g/mol. The molecular weight excluding hydrogens is 174 g/mol. The molecule has 0 amide bonds. The molecule has 0 saturated carbocycles. The van der Waals surface area contributed by atoms with Crippen LogP contribution >= 0.6 is 0 Å². The lowest BCUT2D eigenvalue weighted by Crippen LogP contribution is -2.36. The minimum atomic E-state index is 0.0153. The Morgan fingerprint density at radius 2 is 2.15 bits per heavy atom. The molecule has 0 bridgehead atoms. The van der Waals surface area contributed by atoms with Gasteiger partial charge >= 0.3 is 0 Å². The van der Waals surface area contributed by atoms with Crippen molar-refractivity contribution in [3.8, 4) is 0 Å². The number of aldehydes is 1. The van der Waals surface area contributed by atoms with E-state index in [0.717, 1.165) is 13.1 Å². The highest BCUT2D eigenvalue weighted by Gasteiger charge is 2.16. The molecule has 6 nitrogen and oxygen atoms in total. The third kappa shape index (κ3) is 1.67. The van der Waals surface area contributed by atoms with Crippen LogP contribution in [-0.2, 0) is 4.74 Å². The molecule has 0 aliphatic carbocycles. The predicted octanol–water partition coefficient (Wildman–Crippen LogP) is -0.281. The number of anilines is 1. The molecule has 0 spiro atoms. The Hall–Kier alpha value is -1.43. The van der Waals surface area contributed by atoms with Gasteiger partial charge in [-0.15, -0.1) is 0 Å². The van der Waals surface area contributed by atoms with Crippen LogP contribution < -0.4 is 4.90 Å². The van der Waals surface area contributed by atoms with Crippen molar-refractivity contribution in [2.45, 2.75) is 0 Å². The van der Waals surface area contributed by atoms with Crippen molar-refractivity contribution >= 4 is 12.2 Å². The van der Waals surface area contributed by atoms with E-state index in [-0.39, 0.29) is 5.89 Å². The fourth-order valence-electron chi connectivity index (χ4n) is 1.17. The Bertz CT molecular complexity index is 293. The summed E-state index contributed by atoms with van der Waals surface area (Å²) >= 11 is 0. The fourth-order valence-corrected chi connectivity index (χ4v) is 1.17.